The predicted octanol–water partition coefficient (Wildman–Crippen LogP) is 3.21. The summed E-state index contributed by atoms with van der Waals surface area (Å²) in [7, 11) is -3.55. The van der Waals surface area contributed by atoms with Crippen molar-refractivity contribution in [2.75, 3.05) is 26.2 Å². The third-order valence-corrected chi connectivity index (χ3v) is 7.09. The van der Waals surface area contributed by atoms with E-state index in [2.05, 4.69) is 15.9 Å². The summed E-state index contributed by atoms with van der Waals surface area (Å²) in [5.74, 6) is -0.0740. The predicted molar refractivity (Wildman–Crippen MR) is 105 cm³/mol. The molecule has 1 saturated heterocycles. The summed E-state index contributed by atoms with van der Waals surface area (Å²) in [4.78, 5) is 14.7. The van der Waals surface area contributed by atoms with Crippen molar-refractivity contribution in [3.8, 4) is 0 Å². The van der Waals surface area contributed by atoms with Crippen LogP contribution in [0.25, 0.3) is 0 Å². The van der Waals surface area contributed by atoms with Gasteiger partial charge >= 0.3 is 0 Å². The van der Waals surface area contributed by atoms with Crippen LogP contribution in [-0.4, -0.2) is 49.7 Å². The van der Waals surface area contributed by atoms with Gasteiger partial charge in [-0.3, -0.25) is 4.79 Å². The summed E-state index contributed by atoms with van der Waals surface area (Å²) >= 11 is 3.37. The Morgan fingerprint density at radius 1 is 1.00 bits per heavy atom. The number of hydrogen-bond donors (Lipinski definition) is 0. The number of hydrogen-bond acceptors (Lipinski definition) is 3. The lowest BCUT2D eigenvalue weighted by Gasteiger charge is -2.34. The van der Waals surface area contributed by atoms with Gasteiger partial charge < -0.3 is 4.90 Å². The van der Waals surface area contributed by atoms with Crippen molar-refractivity contribution in [3.63, 3.8) is 0 Å². The Morgan fingerprint density at radius 3 is 2.35 bits per heavy atom. The van der Waals surface area contributed by atoms with E-state index in [0.29, 0.717) is 36.6 Å². The molecule has 7 heteroatoms. The van der Waals surface area contributed by atoms with E-state index in [1.54, 1.807) is 30.0 Å². The van der Waals surface area contributed by atoms with Crippen LogP contribution in [0.3, 0.4) is 0 Å². The van der Waals surface area contributed by atoms with Crippen molar-refractivity contribution in [1.82, 2.24) is 9.21 Å². The zero-order chi connectivity index (χ0) is 18.9. The standard InChI is InChI=1S/C19H21BrN2O3S/c1-14-6-7-15(2)18(12-14)26(24,25)22-10-8-21(9-11-22)19(23)16-4-3-5-17(20)13-16/h3-7,12-13H,8-11H2,1-2H3. The molecule has 0 N–H and O–H groups in total. The summed E-state index contributed by atoms with van der Waals surface area (Å²) < 4.78 is 28.3. The molecule has 0 bridgehead atoms. The number of amides is 1. The second-order valence-electron chi connectivity index (χ2n) is 6.48. The molecule has 1 heterocycles. The average Bonchev–Trinajstić information content (AvgIpc) is 2.63. The normalized spacial score (nSPS) is 15.9. The molecule has 138 valence electrons. The molecule has 1 amide bonds. The average molecular weight is 437 g/mol. The van der Waals surface area contributed by atoms with Crippen LogP contribution in [0.2, 0.25) is 0 Å². The molecule has 0 aromatic heterocycles. The minimum Gasteiger partial charge on any atom is -0.336 e. The molecule has 1 aliphatic heterocycles. The van der Waals surface area contributed by atoms with Crippen LogP contribution >= 0.6 is 15.9 Å². The van der Waals surface area contributed by atoms with Gasteiger partial charge in [-0.15, -0.1) is 0 Å². The zero-order valence-corrected chi connectivity index (χ0v) is 17.2. The Balaban J connectivity index is 1.74. The SMILES string of the molecule is Cc1ccc(C)c(S(=O)(=O)N2CCN(C(=O)c3cccc(Br)c3)CC2)c1. The van der Waals surface area contributed by atoms with E-state index in [1.807, 2.05) is 31.2 Å². The molecule has 0 aliphatic carbocycles. The molecular formula is C19H21BrN2O3S. The summed E-state index contributed by atoms with van der Waals surface area (Å²) in [6.07, 6.45) is 0. The summed E-state index contributed by atoms with van der Waals surface area (Å²) in [6.45, 7) is 5.06. The Bertz CT molecular complexity index is 936. The molecule has 0 radical (unpaired) electrons. The lowest BCUT2D eigenvalue weighted by Crippen LogP contribution is -2.50. The van der Waals surface area contributed by atoms with Crippen LogP contribution < -0.4 is 0 Å². The topological polar surface area (TPSA) is 57.7 Å². The van der Waals surface area contributed by atoms with Crippen molar-refractivity contribution in [1.29, 1.82) is 0 Å². The Labute approximate surface area is 162 Å². The largest absolute Gasteiger partial charge is 0.336 e. The third kappa shape index (κ3) is 3.84. The maximum absolute atomic E-state index is 13.0. The van der Waals surface area contributed by atoms with Gasteiger partial charge in [0, 0.05) is 36.2 Å². The molecule has 26 heavy (non-hydrogen) atoms. The van der Waals surface area contributed by atoms with Gasteiger partial charge in [0.15, 0.2) is 0 Å². The fourth-order valence-corrected chi connectivity index (χ4v) is 5.19. The van der Waals surface area contributed by atoms with Crippen LogP contribution in [0.1, 0.15) is 21.5 Å². The molecule has 0 unspecified atom stereocenters. The molecule has 3 rings (SSSR count). The first-order chi connectivity index (χ1) is 12.3. The Hall–Kier alpha value is -1.70. The number of carbonyl (C=O) groups is 1. The molecule has 0 saturated carbocycles. The van der Waals surface area contributed by atoms with Gasteiger partial charge in [-0.1, -0.05) is 34.1 Å². The van der Waals surface area contributed by atoms with Gasteiger partial charge in [-0.25, -0.2) is 8.42 Å². The highest BCUT2D eigenvalue weighted by molar-refractivity contribution is 9.10. The fraction of sp³-hybridized carbons (Fsp3) is 0.316. The number of carbonyl (C=O) groups excluding carboxylic acids is 1. The summed E-state index contributed by atoms with van der Waals surface area (Å²) in [6, 6.07) is 12.7. The van der Waals surface area contributed by atoms with Gasteiger partial charge in [0.1, 0.15) is 0 Å². The Morgan fingerprint density at radius 2 is 1.69 bits per heavy atom. The van der Waals surface area contributed by atoms with E-state index in [4.69, 9.17) is 0 Å². The van der Waals surface area contributed by atoms with Gasteiger partial charge in [-0.2, -0.15) is 4.31 Å². The molecule has 1 aliphatic rings. The number of halogens is 1. The van der Waals surface area contributed by atoms with E-state index < -0.39 is 10.0 Å². The van der Waals surface area contributed by atoms with Crippen molar-refractivity contribution in [3.05, 3.63) is 63.6 Å². The lowest BCUT2D eigenvalue weighted by atomic mass is 10.2. The highest BCUT2D eigenvalue weighted by Crippen LogP contribution is 2.23. The first-order valence-electron chi connectivity index (χ1n) is 8.41. The minimum atomic E-state index is -3.55. The summed E-state index contributed by atoms with van der Waals surface area (Å²) in [5.41, 5.74) is 2.26. The highest BCUT2D eigenvalue weighted by Gasteiger charge is 2.31. The summed E-state index contributed by atoms with van der Waals surface area (Å²) in [5, 5.41) is 0. The minimum absolute atomic E-state index is 0.0740. The molecule has 5 nitrogen and oxygen atoms in total. The van der Waals surface area contributed by atoms with E-state index in [-0.39, 0.29) is 5.91 Å². The maximum Gasteiger partial charge on any atom is 0.253 e. The lowest BCUT2D eigenvalue weighted by molar-refractivity contribution is 0.0698. The first-order valence-corrected chi connectivity index (χ1v) is 10.6. The fourth-order valence-electron chi connectivity index (χ4n) is 3.06. The number of benzene rings is 2. The van der Waals surface area contributed by atoms with Crippen molar-refractivity contribution in [2.45, 2.75) is 18.7 Å². The van der Waals surface area contributed by atoms with Gasteiger partial charge in [0.2, 0.25) is 10.0 Å². The quantitative estimate of drug-likeness (QED) is 0.741. The van der Waals surface area contributed by atoms with Crippen molar-refractivity contribution < 1.29 is 13.2 Å². The number of nitrogens with zero attached hydrogens (tertiary/aromatic N) is 2. The number of sulfonamides is 1. The monoisotopic (exact) mass is 436 g/mol. The second-order valence-corrected chi connectivity index (χ2v) is 9.30. The van der Waals surface area contributed by atoms with E-state index in [0.717, 1.165) is 15.6 Å². The first kappa shape index (κ1) is 19.1. The van der Waals surface area contributed by atoms with Gasteiger partial charge in [0.05, 0.1) is 4.90 Å². The maximum atomic E-state index is 13.0. The van der Waals surface area contributed by atoms with Crippen LogP contribution in [0.4, 0.5) is 0 Å². The van der Waals surface area contributed by atoms with Crippen molar-refractivity contribution >= 4 is 31.9 Å². The smallest absolute Gasteiger partial charge is 0.253 e. The third-order valence-electron chi connectivity index (χ3n) is 4.56. The number of rotatable bonds is 3. The zero-order valence-electron chi connectivity index (χ0n) is 14.8. The van der Waals surface area contributed by atoms with Crippen LogP contribution in [0, 0.1) is 13.8 Å². The van der Waals surface area contributed by atoms with Crippen molar-refractivity contribution in [2.24, 2.45) is 0 Å². The molecule has 0 atom stereocenters. The van der Waals surface area contributed by atoms with Crippen LogP contribution in [0.5, 0.6) is 0 Å². The highest BCUT2D eigenvalue weighted by atomic mass is 79.9. The second kappa shape index (κ2) is 7.50. The molecule has 2 aromatic rings. The van der Waals surface area contributed by atoms with E-state index in [1.165, 1.54) is 4.31 Å². The molecular weight excluding hydrogens is 416 g/mol. The molecule has 0 spiro atoms. The van der Waals surface area contributed by atoms with Crippen LogP contribution in [0.15, 0.2) is 51.8 Å². The van der Waals surface area contributed by atoms with Crippen LogP contribution in [-0.2, 0) is 10.0 Å². The molecule has 1 fully saturated rings. The van der Waals surface area contributed by atoms with Gasteiger partial charge in [0.25, 0.3) is 5.91 Å². The van der Waals surface area contributed by atoms with E-state index in [9.17, 15) is 13.2 Å². The molecule has 2 aromatic carbocycles. The van der Waals surface area contributed by atoms with E-state index >= 15 is 0 Å². The number of piperazine rings is 1. The van der Waals surface area contributed by atoms with Gasteiger partial charge in [-0.05, 0) is 49.2 Å². The Kier molecular flexibility index (Phi) is 5.50. The number of aryl methyl sites for hydroxylation is 2.